The van der Waals surface area contributed by atoms with E-state index in [0.717, 1.165) is 0 Å². The summed E-state index contributed by atoms with van der Waals surface area (Å²) in [7, 11) is 0. The van der Waals surface area contributed by atoms with Crippen molar-refractivity contribution in [2.75, 3.05) is 6.61 Å². The number of nitrogens with zero attached hydrogens (tertiary/aromatic N) is 2. The van der Waals surface area contributed by atoms with Gasteiger partial charge >= 0.3 is 0 Å². The maximum atomic E-state index is 13.1. The number of likely N-dealkylation sites (tertiary alicyclic amines) is 1. The Morgan fingerprint density at radius 3 is 2.64 bits per heavy atom. The van der Waals surface area contributed by atoms with Gasteiger partial charge in [-0.1, -0.05) is 24.3 Å². The summed E-state index contributed by atoms with van der Waals surface area (Å²) in [4.78, 5) is 38.1. The monoisotopic (exact) mass is 448 g/mol. The average Bonchev–Trinajstić information content (AvgIpc) is 3.41. The first-order valence-corrected chi connectivity index (χ1v) is 10.2. The molecule has 2 heterocycles. The van der Waals surface area contributed by atoms with Gasteiger partial charge in [-0.05, 0) is 36.8 Å². The van der Waals surface area contributed by atoms with Gasteiger partial charge in [0.1, 0.15) is 17.3 Å². The molecule has 1 fully saturated rings. The molecule has 1 N–H and O–H groups in total. The number of aliphatic hydroxyl groups excluding tert-OH is 1. The summed E-state index contributed by atoms with van der Waals surface area (Å²) in [6, 6.07) is 14.4. The van der Waals surface area contributed by atoms with Crippen LogP contribution in [0, 0.1) is 10.1 Å². The second-order valence-corrected chi connectivity index (χ2v) is 7.32. The van der Waals surface area contributed by atoms with Gasteiger partial charge in [-0.15, -0.1) is 0 Å². The van der Waals surface area contributed by atoms with E-state index < -0.39 is 28.4 Å². The lowest BCUT2D eigenvalue weighted by Crippen LogP contribution is -2.29. The summed E-state index contributed by atoms with van der Waals surface area (Å²) in [6.07, 6.45) is 1.44. The molecule has 2 aromatic carbocycles. The lowest BCUT2D eigenvalue weighted by atomic mass is 9.95. The number of hydrogen-bond acceptors (Lipinski definition) is 7. The summed E-state index contributed by atoms with van der Waals surface area (Å²) >= 11 is 0. The zero-order chi connectivity index (χ0) is 23.5. The van der Waals surface area contributed by atoms with E-state index in [1.165, 1.54) is 29.4 Å². The second-order valence-electron chi connectivity index (χ2n) is 7.32. The molecule has 0 bridgehead atoms. The number of amides is 1. The largest absolute Gasteiger partial charge is 0.507 e. The average molecular weight is 448 g/mol. The molecule has 0 radical (unpaired) electrons. The van der Waals surface area contributed by atoms with Gasteiger partial charge in [0, 0.05) is 17.7 Å². The van der Waals surface area contributed by atoms with Crippen molar-refractivity contribution < 1.29 is 28.8 Å². The van der Waals surface area contributed by atoms with Crippen LogP contribution in [0.25, 0.3) is 5.76 Å². The van der Waals surface area contributed by atoms with Crippen LogP contribution in [-0.2, 0) is 16.1 Å². The highest BCUT2D eigenvalue weighted by Crippen LogP contribution is 2.41. The molecule has 0 spiro atoms. The standard InChI is InChI=1S/C24H20N2O7/c1-2-32-18-9-4-7-16(13-18)22(27)20-21(15-6-3-8-17(12-15)26(30)31)25(24(29)23(20)28)14-19-10-5-11-33-19/h3-13,21,27H,2,14H2,1H3. The zero-order valence-electron chi connectivity index (χ0n) is 17.6. The Kier molecular flexibility index (Phi) is 5.95. The van der Waals surface area contributed by atoms with Crippen molar-refractivity contribution in [3.05, 3.63) is 99.5 Å². The maximum absolute atomic E-state index is 13.1. The normalized spacial score (nSPS) is 17.4. The summed E-state index contributed by atoms with van der Waals surface area (Å²) in [6.45, 7) is 2.17. The lowest BCUT2D eigenvalue weighted by Gasteiger charge is -2.24. The molecule has 0 saturated carbocycles. The van der Waals surface area contributed by atoms with Gasteiger partial charge in [0.05, 0.1) is 36.0 Å². The molecule has 4 rings (SSSR count). The number of aliphatic hydroxyl groups is 1. The molecule has 1 unspecified atom stereocenters. The molecule has 0 aliphatic carbocycles. The van der Waals surface area contributed by atoms with Gasteiger partial charge in [-0.2, -0.15) is 0 Å². The number of furan rings is 1. The lowest BCUT2D eigenvalue weighted by molar-refractivity contribution is -0.384. The Hall–Kier alpha value is -4.40. The number of nitro benzene ring substituents is 1. The highest BCUT2D eigenvalue weighted by Gasteiger charge is 2.46. The molecule has 1 amide bonds. The number of carbonyl (C=O) groups excluding carboxylic acids is 2. The van der Waals surface area contributed by atoms with Crippen LogP contribution in [0.5, 0.6) is 5.75 Å². The molecule has 9 heteroatoms. The predicted molar refractivity (Wildman–Crippen MR) is 117 cm³/mol. The smallest absolute Gasteiger partial charge is 0.296 e. The second kappa shape index (κ2) is 8.99. The van der Waals surface area contributed by atoms with Crippen LogP contribution in [-0.4, -0.2) is 33.2 Å². The highest BCUT2D eigenvalue weighted by molar-refractivity contribution is 6.46. The molecule has 1 aromatic heterocycles. The SMILES string of the molecule is CCOc1cccc(C(O)=C2C(=O)C(=O)N(Cc3ccco3)C2c2cccc([N+](=O)[O-])c2)c1. The number of carbonyl (C=O) groups is 2. The van der Waals surface area contributed by atoms with E-state index in [2.05, 4.69) is 0 Å². The number of non-ortho nitro benzene ring substituents is 1. The third kappa shape index (κ3) is 4.20. The summed E-state index contributed by atoms with van der Waals surface area (Å²) in [5, 5.41) is 22.5. The van der Waals surface area contributed by atoms with E-state index in [-0.39, 0.29) is 23.4 Å². The number of benzene rings is 2. The molecule has 9 nitrogen and oxygen atoms in total. The van der Waals surface area contributed by atoms with Crippen LogP contribution in [0.1, 0.15) is 29.9 Å². The van der Waals surface area contributed by atoms with Crippen molar-refractivity contribution in [2.24, 2.45) is 0 Å². The third-order valence-corrected chi connectivity index (χ3v) is 5.26. The van der Waals surface area contributed by atoms with E-state index in [0.29, 0.717) is 23.7 Å². The van der Waals surface area contributed by atoms with Crippen molar-refractivity contribution in [1.29, 1.82) is 0 Å². The third-order valence-electron chi connectivity index (χ3n) is 5.26. The zero-order valence-corrected chi connectivity index (χ0v) is 17.6. The summed E-state index contributed by atoms with van der Waals surface area (Å²) in [5.41, 5.74) is 0.236. The topological polar surface area (TPSA) is 123 Å². The van der Waals surface area contributed by atoms with Gasteiger partial charge in [-0.25, -0.2) is 0 Å². The quantitative estimate of drug-likeness (QED) is 0.189. The Morgan fingerprint density at radius 1 is 1.15 bits per heavy atom. The van der Waals surface area contributed by atoms with E-state index in [1.807, 2.05) is 6.92 Å². The van der Waals surface area contributed by atoms with E-state index >= 15 is 0 Å². The Bertz CT molecular complexity index is 1250. The van der Waals surface area contributed by atoms with Crippen LogP contribution in [0.4, 0.5) is 5.69 Å². The van der Waals surface area contributed by atoms with E-state index in [9.17, 15) is 24.8 Å². The number of hydrogen-bond donors (Lipinski definition) is 1. The van der Waals surface area contributed by atoms with Crippen LogP contribution in [0.2, 0.25) is 0 Å². The minimum Gasteiger partial charge on any atom is -0.507 e. The maximum Gasteiger partial charge on any atom is 0.296 e. The van der Waals surface area contributed by atoms with Gasteiger partial charge in [0.15, 0.2) is 0 Å². The summed E-state index contributed by atoms with van der Waals surface area (Å²) < 4.78 is 10.8. The van der Waals surface area contributed by atoms with Crippen molar-refractivity contribution in [2.45, 2.75) is 19.5 Å². The molecule has 1 saturated heterocycles. The summed E-state index contributed by atoms with van der Waals surface area (Å²) in [5.74, 6) is -1.22. The molecule has 1 atom stereocenters. The van der Waals surface area contributed by atoms with Crippen molar-refractivity contribution >= 4 is 23.1 Å². The van der Waals surface area contributed by atoms with Gasteiger partial charge in [0.25, 0.3) is 17.4 Å². The Morgan fingerprint density at radius 2 is 1.94 bits per heavy atom. The Balaban J connectivity index is 1.88. The number of ketones is 1. The van der Waals surface area contributed by atoms with E-state index in [1.54, 1.807) is 42.5 Å². The van der Waals surface area contributed by atoms with Gasteiger partial charge in [-0.3, -0.25) is 19.7 Å². The fraction of sp³-hybridized carbons (Fsp3) is 0.167. The minimum absolute atomic E-state index is 0.0549. The molecule has 33 heavy (non-hydrogen) atoms. The van der Waals surface area contributed by atoms with Crippen LogP contribution in [0.3, 0.4) is 0 Å². The van der Waals surface area contributed by atoms with Crippen molar-refractivity contribution in [1.82, 2.24) is 4.90 Å². The molecular formula is C24H20N2O7. The molecule has 1 aliphatic heterocycles. The fourth-order valence-electron chi connectivity index (χ4n) is 3.82. The highest BCUT2D eigenvalue weighted by atomic mass is 16.6. The number of rotatable bonds is 7. The number of nitro groups is 1. The molecular weight excluding hydrogens is 428 g/mol. The molecule has 3 aromatic rings. The van der Waals surface area contributed by atoms with E-state index in [4.69, 9.17) is 9.15 Å². The van der Waals surface area contributed by atoms with Crippen molar-refractivity contribution in [3.63, 3.8) is 0 Å². The molecule has 1 aliphatic rings. The Labute approximate surface area is 188 Å². The first-order valence-electron chi connectivity index (χ1n) is 10.2. The predicted octanol–water partition coefficient (Wildman–Crippen LogP) is 4.21. The number of ether oxygens (including phenoxy) is 1. The number of Topliss-reactive ketones (excluding diaryl/α,β-unsaturated/α-hetero) is 1. The van der Waals surface area contributed by atoms with Crippen LogP contribution >= 0.6 is 0 Å². The van der Waals surface area contributed by atoms with Gasteiger partial charge in [0.2, 0.25) is 0 Å². The van der Waals surface area contributed by atoms with Gasteiger partial charge < -0.3 is 19.2 Å². The van der Waals surface area contributed by atoms with Crippen LogP contribution < -0.4 is 4.74 Å². The minimum atomic E-state index is -1.05. The van der Waals surface area contributed by atoms with Crippen molar-refractivity contribution in [3.8, 4) is 5.75 Å². The molecule has 168 valence electrons. The fourth-order valence-corrected chi connectivity index (χ4v) is 3.82. The van der Waals surface area contributed by atoms with Crippen LogP contribution in [0.15, 0.2) is 76.9 Å². The first-order chi connectivity index (χ1) is 15.9. The first kappa shape index (κ1) is 21.8.